The molecule has 0 spiro atoms. The Kier molecular flexibility index (Phi) is 1.87. The van der Waals surface area contributed by atoms with E-state index in [1.807, 2.05) is 0 Å². The third-order valence-corrected chi connectivity index (χ3v) is 3.21. The molecule has 2 saturated carbocycles. The Balaban J connectivity index is 1.82. The highest BCUT2D eigenvalue weighted by molar-refractivity contribution is 5.12. The van der Waals surface area contributed by atoms with Crippen molar-refractivity contribution >= 4 is 0 Å². The van der Waals surface area contributed by atoms with E-state index in [1.54, 1.807) is 7.11 Å². The van der Waals surface area contributed by atoms with Gasteiger partial charge in [-0.05, 0) is 31.6 Å². The Morgan fingerprint density at radius 3 is 2.80 bits per heavy atom. The third kappa shape index (κ3) is 1.55. The average molecular weight is 209 g/mol. The second kappa shape index (κ2) is 3.02. The first kappa shape index (κ1) is 9.30. The summed E-state index contributed by atoms with van der Waals surface area (Å²) in [6.45, 7) is 0. The lowest BCUT2D eigenvalue weighted by Crippen LogP contribution is -2.19. The first-order chi connectivity index (χ1) is 7.23. The predicted molar refractivity (Wildman–Crippen MR) is 51.9 cm³/mol. The van der Waals surface area contributed by atoms with Gasteiger partial charge in [0.25, 0.3) is 0 Å². The summed E-state index contributed by atoms with van der Waals surface area (Å²) in [7, 11) is 1.69. The van der Waals surface area contributed by atoms with E-state index in [0.29, 0.717) is 17.6 Å². The monoisotopic (exact) mass is 209 g/mol. The molecule has 1 atom stereocenters. The van der Waals surface area contributed by atoms with E-state index in [0.717, 1.165) is 12.8 Å². The standard InChI is InChI=1S/C10H15N3O2/c1-14-7(6-2-3-6)8-12-9(15-13-8)10(11)4-5-10/h6-7H,2-5,11H2,1H3. The van der Waals surface area contributed by atoms with Gasteiger partial charge in [0, 0.05) is 7.11 Å². The van der Waals surface area contributed by atoms with E-state index < -0.39 is 0 Å². The highest BCUT2D eigenvalue weighted by Gasteiger charge is 2.46. The van der Waals surface area contributed by atoms with Gasteiger partial charge in [-0.25, -0.2) is 0 Å². The van der Waals surface area contributed by atoms with Gasteiger partial charge < -0.3 is 15.0 Å². The van der Waals surface area contributed by atoms with E-state index in [9.17, 15) is 0 Å². The maximum Gasteiger partial charge on any atom is 0.246 e. The molecule has 0 saturated heterocycles. The van der Waals surface area contributed by atoms with Crippen LogP contribution in [0.1, 0.15) is 43.5 Å². The minimum atomic E-state index is -0.340. The second-order valence-corrected chi connectivity index (χ2v) is 4.61. The lowest BCUT2D eigenvalue weighted by Gasteiger charge is -2.08. The van der Waals surface area contributed by atoms with Gasteiger partial charge in [0.15, 0.2) is 0 Å². The van der Waals surface area contributed by atoms with Crippen LogP contribution in [0.25, 0.3) is 0 Å². The Morgan fingerprint density at radius 2 is 2.27 bits per heavy atom. The number of hydrogen-bond donors (Lipinski definition) is 1. The number of aromatic nitrogens is 2. The maximum atomic E-state index is 5.98. The summed E-state index contributed by atoms with van der Waals surface area (Å²) in [5.74, 6) is 1.79. The second-order valence-electron chi connectivity index (χ2n) is 4.61. The van der Waals surface area contributed by atoms with E-state index in [-0.39, 0.29) is 11.6 Å². The zero-order valence-corrected chi connectivity index (χ0v) is 8.77. The summed E-state index contributed by atoms with van der Waals surface area (Å²) < 4.78 is 10.6. The summed E-state index contributed by atoms with van der Waals surface area (Å²) >= 11 is 0. The number of nitrogens with zero attached hydrogens (tertiary/aromatic N) is 2. The van der Waals surface area contributed by atoms with Gasteiger partial charge in [0.05, 0.1) is 5.54 Å². The number of nitrogens with two attached hydrogens (primary N) is 1. The smallest absolute Gasteiger partial charge is 0.246 e. The van der Waals surface area contributed by atoms with Crippen LogP contribution in [0, 0.1) is 5.92 Å². The topological polar surface area (TPSA) is 74.2 Å². The van der Waals surface area contributed by atoms with Gasteiger partial charge >= 0.3 is 0 Å². The van der Waals surface area contributed by atoms with Crippen LogP contribution in [0.4, 0.5) is 0 Å². The zero-order chi connectivity index (χ0) is 10.5. The molecule has 15 heavy (non-hydrogen) atoms. The number of methoxy groups -OCH3 is 1. The van der Waals surface area contributed by atoms with Gasteiger partial charge in [-0.15, -0.1) is 0 Å². The van der Waals surface area contributed by atoms with Crippen molar-refractivity contribution in [2.24, 2.45) is 11.7 Å². The molecule has 0 aromatic carbocycles. The Hall–Kier alpha value is -0.940. The Morgan fingerprint density at radius 1 is 1.53 bits per heavy atom. The molecule has 2 aliphatic carbocycles. The number of hydrogen-bond acceptors (Lipinski definition) is 5. The Bertz CT molecular complexity index is 368. The normalized spacial score (nSPS) is 25.2. The molecule has 2 aliphatic rings. The van der Waals surface area contributed by atoms with E-state index >= 15 is 0 Å². The van der Waals surface area contributed by atoms with Crippen LogP contribution >= 0.6 is 0 Å². The minimum Gasteiger partial charge on any atom is -0.373 e. The molecular formula is C10H15N3O2. The molecule has 82 valence electrons. The van der Waals surface area contributed by atoms with Crippen LogP contribution in [0.3, 0.4) is 0 Å². The molecule has 2 N–H and O–H groups in total. The first-order valence-electron chi connectivity index (χ1n) is 5.39. The zero-order valence-electron chi connectivity index (χ0n) is 8.77. The molecule has 5 heteroatoms. The molecule has 5 nitrogen and oxygen atoms in total. The van der Waals surface area contributed by atoms with Crippen molar-refractivity contribution in [2.75, 3.05) is 7.11 Å². The van der Waals surface area contributed by atoms with E-state index in [1.165, 1.54) is 12.8 Å². The van der Waals surface area contributed by atoms with Crippen LogP contribution in [-0.4, -0.2) is 17.3 Å². The van der Waals surface area contributed by atoms with Crippen LogP contribution in [0.15, 0.2) is 4.52 Å². The lowest BCUT2D eigenvalue weighted by molar-refractivity contribution is 0.0751. The van der Waals surface area contributed by atoms with Crippen molar-refractivity contribution in [3.8, 4) is 0 Å². The van der Waals surface area contributed by atoms with E-state index in [4.69, 9.17) is 15.0 Å². The molecule has 3 rings (SSSR count). The fraction of sp³-hybridized carbons (Fsp3) is 0.800. The summed E-state index contributed by atoms with van der Waals surface area (Å²) in [4.78, 5) is 4.35. The average Bonchev–Trinajstić information content (AvgIpc) is 3.12. The van der Waals surface area contributed by atoms with Crippen LogP contribution in [0.5, 0.6) is 0 Å². The maximum absolute atomic E-state index is 5.98. The SMILES string of the molecule is COC(c1noc(C2(N)CC2)n1)C1CC1. The number of ether oxygens (including phenoxy) is 1. The van der Waals surface area contributed by atoms with Gasteiger partial charge in [0.1, 0.15) is 6.10 Å². The molecule has 1 unspecified atom stereocenters. The van der Waals surface area contributed by atoms with Crippen molar-refractivity contribution < 1.29 is 9.26 Å². The van der Waals surface area contributed by atoms with Crippen LogP contribution in [-0.2, 0) is 10.3 Å². The molecule has 0 aliphatic heterocycles. The summed E-state index contributed by atoms with van der Waals surface area (Å²) in [6, 6.07) is 0. The third-order valence-electron chi connectivity index (χ3n) is 3.21. The summed E-state index contributed by atoms with van der Waals surface area (Å²) in [5.41, 5.74) is 5.64. The predicted octanol–water partition coefficient (Wildman–Crippen LogP) is 1.11. The molecule has 0 radical (unpaired) electrons. The van der Waals surface area contributed by atoms with Gasteiger partial charge in [-0.3, -0.25) is 0 Å². The lowest BCUT2D eigenvalue weighted by atomic mass is 10.2. The molecule has 0 amide bonds. The molecule has 2 fully saturated rings. The molecule has 1 aromatic rings. The first-order valence-corrected chi connectivity index (χ1v) is 5.39. The van der Waals surface area contributed by atoms with Gasteiger partial charge in [0.2, 0.25) is 11.7 Å². The highest BCUT2D eigenvalue weighted by atomic mass is 16.5. The van der Waals surface area contributed by atoms with Gasteiger partial charge in [-0.2, -0.15) is 4.98 Å². The van der Waals surface area contributed by atoms with Crippen molar-refractivity contribution in [3.05, 3.63) is 11.7 Å². The van der Waals surface area contributed by atoms with Crippen molar-refractivity contribution in [1.82, 2.24) is 10.1 Å². The molecule has 1 heterocycles. The van der Waals surface area contributed by atoms with Crippen molar-refractivity contribution in [3.63, 3.8) is 0 Å². The fourth-order valence-corrected chi connectivity index (χ4v) is 1.81. The van der Waals surface area contributed by atoms with Gasteiger partial charge in [-0.1, -0.05) is 5.16 Å². The number of rotatable bonds is 4. The van der Waals surface area contributed by atoms with Crippen LogP contribution in [0.2, 0.25) is 0 Å². The highest BCUT2D eigenvalue weighted by Crippen LogP contribution is 2.44. The van der Waals surface area contributed by atoms with E-state index in [2.05, 4.69) is 10.1 Å². The molecular weight excluding hydrogens is 194 g/mol. The fourth-order valence-electron chi connectivity index (χ4n) is 1.81. The van der Waals surface area contributed by atoms with Crippen molar-refractivity contribution in [1.29, 1.82) is 0 Å². The van der Waals surface area contributed by atoms with Crippen molar-refractivity contribution in [2.45, 2.75) is 37.3 Å². The minimum absolute atomic E-state index is 0.00940. The quantitative estimate of drug-likeness (QED) is 0.804. The summed E-state index contributed by atoms with van der Waals surface area (Å²) in [5, 5.41) is 3.96. The molecule has 1 aromatic heterocycles. The molecule has 0 bridgehead atoms. The van der Waals surface area contributed by atoms with Crippen LogP contribution < -0.4 is 5.73 Å². The largest absolute Gasteiger partial charge is 0.373 e. The Labute approximate surface area is 88.0 Å². The summed E-state index contributed by atoms with van der Waals surface area (Å²) in [6.07, 6.45) is 4.25.